The molecule has 17 nitrogen and oxygen atoms in total. The van der Waals surface area contributed by atoms with Gasteiger partial charge in [-0.2, -0.15) is 10.2 Å². The predicted molar refractivity (Wildman–Crippen MR) is 230 cm³/mol. The summed E-state index contributed by atoms with van der Waals surface area (Å²) in [5, 5.41) is 13.6. The number of para-hydroxylation sites is 1. The molecule has 4 saturated heterocycles. The molecule has 0 unspecified atom stereocenters. The van der Waals surface area contributed by atoms with Crippen molar-refractivity contribution in [2.24, 2.45) is 18.9 Å². The Labute approximate surface area is 367 Å². The lowest BCUT2D eigenvalue weighted by molar-refractivity contribution is -0.135. The van der Waals surface area contributed by atoms with Gasteiger partial charge < -0.3 is 24.6 Å². The zero-order chi connectivity index (χ0) is 44.2. The van der Waals surface area contributed by atoms with Gasteiger partial charge in [-0.25, -0.2) is 23.1 Å². The first-order valence-electron chi connectivity index (χ1n) is 22.3. The standard InChI is InChI=1S/C45H51F2N11O6/c1-26-21-54(16-14-36(26)63-18-4-6-28-5-3-7-34-40(28)53(2)45(62)58(34)35-12-13-38(59)51-44(35)61)22-27-8-10-29(11-9-27)57-24-33(39(52-57)41(46)47)49-43(60)32-20-48-56-17-15-37(50-42(32)56)55-23-31-19-30(55)25-64-31/h3,5,7,15,17,20,24,26-27,29-31,35-36,41H,8-14,16,18-19,21-23,25H2,1-2H3,(H,49,60)(H,51,59,61)/t26-,27?,29?,30+,31+,35-,36-/m0/s1. The smallest absolute Gasteiger partial charge is 0.329 e. The minimum Gasteiger partial charge on any atom is -0.374 e. The van der Waals surface area contributed by atoms with Gasteiger partial charge in [0.2, 0.25) is 11.8 Å². The quantitative estimate of drug-likeness (QED) is 0.152. The van der Waals surface area contributed by atoms with Crippen LogP contribution < -0.4 is 21.2 Å². The summed E-state index contributed by atoms with van der Waals surface area (Å²) in [6.07, 6.45) is 7.77. The van der Waals surface area contributed by atoms with E-state index in [-0.39, 0.29) is 72.5 Å². The number of nitrogens with zero attached hydrogens (tertiary/aromatic N) is 9. The molecule has 5 aliphatic rings. The number of hydrogen-bond acceptors (Lipinski definition) is 11. The average Bonchev–Trinajstić information content (AvgIpc) is 4.13. The molecule has 2 bridgehead atoms. The summed E-state index contributed by atoms with van der Waals surface area (Å²) in [5.41, 5.74) is 1.62. The Bertz CT molecular complexity index is 2740. The van der Waals surface area contributed by atoms with E-state index in [1.807, 2.05) is 18.2 Å². The fourth-order valence-electron chi connectivity index (χ4n) is 10.5. The highest BCUT2D eigenvalue weighted by Gasteiger charge is 2.40. The molecule has 8 heterocycles. The van der Waals surface area contributed by atoms with Crippen LogP contribution in [0.5, 0.6) is 0 Å². The van der Waals surface area contributed by atoms with Crippen LogP contribution in [0, 0.1) is 23.7 Å². The number of nitrogens with one attached hydrogen (secondary N) is 2. The van der Waals surface area contributed by atoms with Gasteiger partial charge >= 0.3 is 5.69 Å². The third kappa shape index (κ3) is 7.96. The van der Waals surface area contributed by atoms with E-state index in [9.17, 15) is 28.0 Å². The first kappa shape index (κ1) is 42.0. The largest absolute Gasteiger partial charge is 0.374 e. The number of rotatable bonds is 10. The Kier molecular flexibility index (Phi) is 11.3. The van der Waals surface area contributed by atoms with E-state index in [4.69, 9.17) is 14.5 Å². The molecule has 2 N–H and O–H groups in total. The van der Waals surface area contributed by atoms with Crippen LogP contribution in [0.25, 0.3) is 16.7 Å². The Morgan fingerprint density at radius 3 is 2.67 bits per heavy atom. The van der Waals surface area contributed by atoms with Gasteiger partial charge in [0.25, 0.3) is 12.3 Å². The zero-order valence-electron chi connectivity index (χ0n) is 35.8. The number of fused-ring (bicyclic) bond motifs is 4. The van der Waals surface area contributed by atoms with E-state index in [2.05, 4.69) is 49.4 Å². The van der Waals surface area contributed by atoms with Crippen LogP contribution in [0.15, 0.2) is 47.7 Å². The number of piperidine rings is 2. The molecule has 1 aliphatic carbocycles. The number of ether oxygens (including phenoxy) is 2. The maximum absolute atomic E-state index is 14.3. The number of imide groups is 1. The van der Waals surface area contributed by atoms with Crippen molar-refractivity contribution in [3.63, 3.8) is 0 Å². The van der Waals surface area contributed by atoms with Crippen molar-refractivity contribution < 1.29 is 32.6 Å². The van der Waals surface area contributed by atoms with Crippen LogP contribution >= 0.6 is 0 Å². The maximum atomic E-state index is 14.3. The van der Waals surface area contributed by atoms with Gasteiger partial charge in [0.1, 0.15) is 24.0 Å². The van der Waals surface area contributed by atoms with Crippen molar-refractivity contribution in [3.8, 4) is 11.8 Å². The first-order valence-corrected chi connectivity index (χ1v) is 22.3. The molecule has 10 rings (SSSR count). The molecule has 5 atom stereocenters. The monoisotopic (exact) mass is 879 g/mol. The molecule has 0 radical (unpaired) electrons. The lowest BCUT2D eigenvalue weighted by Crippen LogP contribution is -2.45. The number of imidazole rings is 1. The lowest BCUT2D eigenvalue weighted by Gasteiger charge is -2.39. The lowest BCUT2D eigenvalue weighted by atomic mass is 9.85. The van der Waals surface area contributed by atoms with E-state index in [0.29, 0.717) is 34.8 Å². The Morgan fingerprint density at radius 2 is 1.92 bits per heavy atom. The summed E-state index contributed by atoms with van der Waals surface area (Å²) in [4.78, 5) is 60.6. The van der Waals surface area contributed by atoms with Crippen LogP contribution in [-0.2, 0) is 26.1 Å². The number of hydrogen-bond donors (Lipinski definition) is 2. The molecule has 1 saturated carbocycles. The average molecular weight is 880 g/mol. The van der Waals surface area contributed by atoms with E-state index >= 15 is 0 Å². The number of likely N-dealkylation sites (tertiary alicyclic amines) is 1. The maximum Gasteiger partial charge on any atom is 0.329 e. The number of halogens is 2. The van der Waals surface area contributed by atoms with E-state index in [1.165, 1.54) is 26.0 Å². The second kappa shape index (κ2) is 17.2. The molecular weight excluding hydrogens is 829 g/mol. The highest BCUT2D eigenvalue weighted by molar-refractivity contribution is 6.08. The number of carbonyl (C=O) groups excluding carboxylic acids is 3. The van der Waals surface area contributed by atoms with Crippen molar-refractivity contribution in [2.75, 3.05) is 49.6 Å². The summed E-state index contributed by atoms with van der Waals surface area (Å²) in [6.45, 7) is 6.55. The second-order valence-corrected chi connectivity index (χ2v) is 18.0. The summed E-state index contributed by atoms with van der Waals surface area (Å²) in [6, 6.07) is 6.73. The molecular formula is C45H51F2N11O6. The molecule has 4 aromatic heterocycles. The summed E-state index contributed by atoms with van der Waals surface area (Å²) >= 11 is 0. The number of carbonyl (C=O) groups is 3. The number of morpholine rings is 1. The third-order valence-electron chi connectivity index (χ3n) is 13.8. The first-order chi connectivity index (χ1) is 31.0. The van der Waals surface area contributed by atoms with Gasteiger partial charge in [-0.3, -0.25) is 33.5 Å². The number of amides is 3. The van der Waals surface area contributed by atoms with E-state index in [1.54, 1.807) is 24.0 Å². The minimum atomic E-state index is -2.87. The Hall–Kier alpha value is -5.97. The molecule has 0 spiro atoms. The van der Waals surface area contributed by atoms with Crippen molar-refractivity contribution in [3.05, 3.63) is 70.2 Å². The fraction of sp³-hybridized carbons (Fsp3) is 0.533. The fourth-order valence-corrected chi connectivity index (χ4v) is 10.5. The van der Waals surface area contributed by atoms with Crippen LogP contribution in [0.1, 0.15) is 98.4 Å². The van der Waals surface area contributed by atoms with Crippen LogP contribution in [0.4, 0.5) is 20.3 Å². The van der Waals surface area contributed by atoms with Gasteiger partial charge in [-0.05, 0) is 75.0 Å². The number of aromatic nitrogens is 7. The molecule has 336 valence electrons. The van der Waals surface area contributed by atoms with Crippen LogP contribution in [-0.4, -0.2) is 114 Å². The third-order valence-corrected chi connectivity index (χ3v) is 13.8. The zero-order valence-corrected chi connectivity index (χ0v) is 35.8. The van der Waals surface area contributed by atoms with E-state index in [0.717, 1.165) is 70.5 Å². The molecule has 19 heteroatoms. The van der Waals surface area contributed by atoms with Crippen molar-refractivity contribution in [2.45, 2.75) is 95.0 Å². The summed E-state index contributed by atoms with van der Waals surface area (Å²) in [7, 11) is 1.66. The highest BCUT2D eigenvalue weighted by Crippen LogP contribution is 2.37. The van der Waals surface area contributed by atoms with Crippen LogP contribution in [0.2, 0.25) is 0 Å². The molecule has 3 amide bonds. The predicted octanol–water partition coefficient (Wildman–Crippen LogP) is 4.23. The van der Waals surface area contributed by atoms with Crippen molar-refractivity contribution >= 4 is 45.9 Å². The van der Waals surface area contributed by atoms with Gasteiger partial charge in [0, 0.05) is 52.0 Å². The number of anilines is 2. The molecule has 4 aliphatic heterocycles. The summed E-state index contributed by atoms with van der Waals surface area (Å²) < 4.78 is 46.7. The van der Waals surface area contributed by atoms with Gasteiger partial charge in [-0.1, -0.05) is 24.8 Å². The second-order valence-electron chi connectivity index (χ2n) is 18.0. The number of alkyl halides is 2. The molecule has 64 heavy (non-hydrogen) atoms. The van der Waals surface area contributed by atoms with Crippen molar-refractivity contribution in [1.82, 2.24) is 43.7 Å². The summed E-state index contributed by atoms with van der Waals surface area (Å²) in [5.74, 6) is 6.42. The SMILES string of the molecule is C[C@H]1CN(CC2CCC(n3cc(NC(=O)c4cnn5ccc(N6C[C@H]7C[C@@H]6CO7)nc45)c(C(F)F)n3)CC2)CC[C@@H]1OCC#Cc1cccc2c1n(C)c(=O)n2[C@H]1CCC(=O)NC1=O. The van der Waals surface area contributed by atoms with Gasteiger partial charge in [-0.15, -0.1) is 0 Å². The van der Waals surface area contributed by atoms with Gasteiger partial charge in [0.15, 0.2) is 11.3 Å². The minimum absolute atomic E-state index is 0.0114. The Morgan fingerprint density at radius 1 is 1.08 bits per heavy atom. The van der Waals surface area contributed by atoms with Crippen molar-refractivity contribution in [1.29, 1.82) is 0 Å². The topological polar surface area (TPSA) is 175 Å². The molecule has 1 aromatic carbocycles. The normalized spacial score (nSPS) is 26.2. The highest BCUT2D eigenvalue weighted by atomic mass is 19.3. The van der Waals surface area contributed by atoms with Gasteiger partial charge in [0.05, 0.1) is 59.4 Å². The number of aryl methyl sites for hydroxylation is 1. The van der Waals surface area contributed by atoms with Crippen LogP contribution in [0.3, 0.4) is 0 Å². The Balaban J connectivity index is 0.711. The molecule has 5 fully saturated rings. The van der Waals surface area contributed by atoms with E-state index < -0.39 is 30.0 Å². The molecule has 5 aromatic rings. The number of benzene rings is 1.